The van der Waals surface area contributed by atoms with Crippen LogP contribution in [0.3, 0.4) is 0 Å². The van der Waals surface area contributed by atoms with E-state index >= 15 is 0 Å². The van der Waals surface area contributed by atoms with Crippen molar-refractivity contribution >= 4 is 22.7 Å². The molecule has 5 nitrogen and oxygen atoms in total. The van der Waals surface area contributed by atoms with Crippen molar-refractivity contribution in [2.45, 2.75) is 45.6 Å². The van der Waals surface area contributed by atoms with Gasteiger partial charge in [-0.1, -0.05) is 18.2 Å². The molecule has 0 radical (unpaired) electrons. The first-order chi connectivity index (χ1) is 12.0. The Balaban J connectivity index is 1.42. The van der Waals surface area contributed by atoms with E-state index in [1.54, 1.807) is 6.92 Å². The van der Waals surface area contributed by atoms with Crippen LogP contribution in [0.15, 0.2) is 24.3 Å². The van der Waals surface area contributed by atoms with Gasteiger partial charge in [-0.15, -0.1) is 0 Å². The molecule has 2 N–H and O–H groups in total. The number of aryl methyl sites for hydroxylation is 1. The number of nitrogens with zero attached hydrogens (tertiary/aromatic N) is 1. The molecule has 1 aliphatic heterocycles. The summed E-state index contributed by atoms with van der Waals surface area (Å²) in [6.45, 7) is 5.36. The topological polar surface area (TPSA) is 65.2 Å². The molecule has 25 heavy (non-hydrogen) atoms. The highest BCUT2D eigenvalue weighted by molar-refractivity contribution is 6.02. The average Bonchev–Trinajstić information content (AvgIpc) is 3.29. The number of hydrogen-bond acceptors (Lipinski definition) is 2. The van der Waals surface area contributed by atoms with Crippen molar-refractivity contribution in [3.05, 3.63) is 35.5 Å². The number of benzene rings is 1. The fraction of sp³-hybridized carbons (Fsp3) is 0.500. The first kappa shape index (κ1) is 16.2. The number of H-pyrrole nitrogens is 1. The molecule has 1 aromatic heterocycles. The molecule has 1 atom stereocenters. The molecule has 5 heteroatoms. The van der Waals surface area contributed by atoms with Gasteiger partial charge in [0.05, 0.1) is 0 Å². The van der Waals surface area contributed by atoms with E-state index in [-0.39, 0.29) is 11.8 Å². The molecule has 1 aromatic carbocycles. The lowest BCUT2D eigenvalue weighted by atomic mass is 9.93. The summed E-state index contributed by atoms with van der Waals surface area (Å²) in [4.78, 5) is 30.4. The Morgan fingerprint density at radius 2 is 1.84 bits per heavy atom. The highest BCUT2D eigenvalue weighted by Gasteiger charge is 2.45. The molecule has 2 heterocycles. The highest BCUT2D eigenvalue weighted by Crippen LogP contribution is 2.53. The number of nitrogens with one attached hydrogen (secondary N) is 2. The molecule has 1 aliphatic carbocycles. The van der Waals surface area contributed by atoms with E-state index in [1.807, 2.05) is 36.1 Å². The summed E-state index contributed by atoms with van der Waals surface area (Å²) >= 11 is 0. The Bertz CT molecular complexity index is 825. The molecule has 0 unspecified atom stereocenters. The van der Waals surface area contributed by atoms with Gasteiger partial charge in [-0.3, -0.25) is 9.59 Å². The van der Waals surface area contributed by atoms with E-state index in [9.17, 15) is 9.59 Å². The zero-order chi connectivity index (χ0) is 17.6. The van der Waals surface area contributed by atoms with Gasteiger partial charge in [0.25, 0.3) is 5.91 Å². The van der Waals surface area contributed by atoms with Gasteiger partial charge < -0.3 is 15.2 Å². The Morgan fingerprint density at radius 1 is 1.16 bits per heavy atom. The summed E-state index contributed by atoms with van der Waals surface area (Å²) in [6, 6.07) is 7.34. The minimum atomic E-state index is -0.508. The summed E-state index contributed by atoms with van der Waals surface area (Å²) in [5.74, 6) is -0.192. The van der Waals surface area contributed by atoms with E-state index in [4.69, 9.17) is 0 Å². The zero-order valence-corrected chi connectivity index (χ0v) is 14.9. The minimum Gasteiger partial charge on any atom is -0.350 e. The fourth-order valence-electron chi connectivity index (χ4n) is 3.99. The lowest BCUT2D eigenvalue weighted by Gasteiger charge is -2.33. The van der Waals surface area contributed by atoms with E-state index in [1.165, 1.54) is 12.8 Å². The van der Waals surface area contributed by atoms with Crippen LogP contribution < -0.4 is 5.32 Å². The summed E-state index contributed by atoms with van der Waals surface area (Å²) in [5.41, 5.74) is 2.94. The number of aromatic amines is 1. The number of likely N-dealkylation sites (tertiary alicyclic amines) is 1. The maximum absolute atomic E-state index is 12.7. The molecule has 2 fully saturated rings. The number of piperidine rings is 1. The largest absolute Gasteiger partial charge is 0.350 e. The predicted octanol–water partition coefficient (Wildman–Crippen LogP) is 3.00. The third-order valence-corrected chi connectivity index (χ3v) is 6.00. The van der Waals surface area contributed by atoms with Gasteiger partial charge >= 0.3 is 0 Å². The first-order valence-corrected chi connectivity index (χ1v) is 9.16. The Morgan fingerprint density at radius 3 is 2.48 bits per heavy atom. The van der Waals surface area contributed by atoms with Gasteiger partial charge in [0, 0.05) is 24.0 Å². The SMILES string of the molecule is Cc1c(C(=O)N[C@@H](C)C(=O)N2CCC3(CC2)CC3)[nH]c2ccccc12. The molecule has 2 aliphatic rings. The van der Waals surface area contributed by atoms with Crippen LogP contribution in [0.1, 0.15) is 48.7 Å². The average molecular weight is 339 g/mol. The van der Waals surface area contributed by atoms with Gasteiger partial charge in [-0.2, -0.15) is 0 Å². The van der Waals surface area contributed by atoms with Crippen LogP contribution in [0.5, 0.6) is 0 Å². The van der Waals surface area contributed by atoms with Gasteiger partial charge in [-0.05, 0) is 56.6 Å². The quantitative estimate of drug-likeness (QED) is 0.903. The van der Waals surface area contributed by atoms with Crippen LogP contribution in [-0.2, 0) is 4.79 Å². The van der Waals surface area contributed by atoms with Crippen LogP contribution >= 0.6 is 0 Å². The van der Waals surface area contributed by atoms with Crippen LogP contribution in [0, 0.1) is 12.3 Å². The van der Waals surface area contributed by atoms with Gasteiger partial charge in [0.2, 0.25) is 5.91 Å². The number of rotatable bonds is 3. The molecule has 0 bridgehead atoms. The molecule has 1 spiro atoms. The normalized spacial score (nSPS) is 19.8. The van der Waals surface area contributed by atoms with Crippen LogP contribution in [0.4, 0.5) is 0 Å². The molecule has 2 aromatic rings. The monoisotopic (exact) mass is 339 g/mol. The van der Waals surface area contributed by atoms with E-state index in [0.717, 1.165) is 42.4 Å². The van der Waals surface area contributed by atoms with Crippen molar-refractivity contribution in [3.63, 3.8) is 0 Å². The lowest BCUT2D eigenvalue weighted by molar-refractivity contribution is -0.134. The lowest BCUT2D eigenvalue weighted by Crippen LogP contribution is -2.49. The second-order valence-electron chi connectivity index (χ2n) is 7.69. The summed E-state index contributed by atoms with van der Waals surface area (Å²) in [5, 5.41) is 3.91. The summed E-state index contributed by atoms with van der Waals surface area (Å²) in [7, 11) is 0. The number of carbonyl (C=O) groups is 2. The van der Waals surface area contributed by atoms with Gasteiger partial charge in [0.15, 0.2) is 0 Å². The third-order valence-electron chi connectivity index (χ3n) is 6.00. The Labute approximate surface area is 147 Å². The van der Waals surface area contributed by atoms with Crippen molar-refractivity contribution in [1.29, 1.82) is 0 Å². The Hall–Kier alpha value is -2.30. The number of carbonyl (C=O) groups excluding carboxylic acids is 2. The van der Waals surface area contributed by atoms with Crippen LogP contribution in [-0.4, -0.2) is 40.8 Å². The standard InChI is InChI=1S/C20H25N3O2/c1-13-15-5-3-4-6-16(15)22-17(13)18(24)21-14(2)19(25)23-11-9-20(7-8-20)10-12-23/h3-6,14,22H,7-12H2,1-2H3,(H,21,24)/t14-/m0/s1. The second kappa shape index (κ2) is 5.90. The smallest absolute Gasteiger partial charge is 0.268 e. The molecule has 2 amide bonds. The van der Waals surface area contributed by atoms with Crippen LogP contribution in [0.2, 0.25) is 0 Å². The molecule has 4 rings (SSSR count). The maximum Gasteiger partial charge on any atom is 0.268 e. The van der Waals surface area contributed by atoms with Gasteiger partial charge in [-0.25, -0.2) is 0 Å². The van der Waals surface area contributed by atoms with Crippen molar-refractivity contribution < 1.29 is 9.59 Å². The van der Waals surface area contributed by atoms with Crippen molar-refractivity contribution in [1.82, 2.24) is 15.2 Å². The maximum atomic E-state index is 12.7. The summed E-state index contributed by atoms with van der Waals surface area (Å²) < 4.78 is 0. The van der Waals surface area contributed by atoms with E-state index in [2.05, 4.69) is 10.3 Å². The zero-order valence-electron chi connectivity index (χ0n) is 14.9. The number of aromatic nitrogens is 1. The second-order valence-corrected chi connectivity index (χ2v) is 7.69. The fourth-order valence-corrected chi connectivity index (χ4v) is 3.99. The molecule has 132 valence electrons. The van der Waals surface area contributed by atoms with Crippen LogP contribution in [0.25, 0.3) is 10.9 Å². The number of para-hydroxylation sites is 1. The number of fused-ring (bicyclic) bond motifs is 1. The molecule has 1 saturated heterocycles. The van der Waals surface area contributed by atoms with Gasteiger partial charge in [0.1, 0.15) is 11.7 Å². The predicted molar refractivity (Wildman–Crippen MR) is 97.4 cm³/mol. The minimum absolute atomic E-state index is 0.0256. The van der Waals surface area contributed by atoms with E-state index in [0.29, 0.717) is 11.1 Å². The summed E-state index contributed by atoms with van der Waals surface area (Å²) in [6.07, 6.45) is 4.86. The molecular formula is C20H25N3O2. The number of amides is 2. The molecular weight excluding hydrogens is 314 g/mol. The number of hydrogen-bond donors (Lipinski definition) is 2. The van der Waals surface area contributed by atoms with Crippen molar-refractivity contribution in [2.75, 3.05) is 13.1 Å². The van der Waals surface area contributed by atoms with Crippen molar-refractivity contribution in [2.24, 2.45) is 5.41 Å². The molecule has 1 saturated carbocycles. The van der Waals surface area contributed by atoms with E-state index < -0.39 is 6.04 Å². The first-order valence-electron chi connectivity index (χ1n) is 9.16. The Kier molecular flexibility index (Phi) is 3.82. The third kappa shape index (κ3) is 2.92. The highest BCUT2D eigenvalue weighted by atomic mass is 16.2. The van der Waals surface area contributed by atoms with Crippen molar-refractivity contribution in [3.8, 4) is 0 Å².